The van der Waals surface area contributed by atoms with Crippen LogP contribution >= 0.6 is 0 Å². The third kappa shape index (κ3) is 5.86. The summed E-state index contributed by atoms with van der Waals surface area (Å²) >= 11 is 0. The quantitative estimate of drug-likeness (QED) is 0.354. The van der Waals surface area contributed by atoms with Crippen LogP contribution in [-0.2, 0) is 35.5 Å². The van der Waals surface area contributed by atoms with Crippen molar-refractivity contribution in [2.45, 2.75) is 70.7 Å². The van der Waals surface area contributed by atoms with E-state index in [4.69, 9.17) is 14.5 Å². The highest BCUT2D eigenvalue weighted by atomic mass is 16.5. The highest BCUT2D eigenvalue weighted by Gasteiger charge is 2.22. The van der Waals surface area contributed by atoms with Crippen molar-refractivity contribution in [1.29, 1.82) is 0 Å². The molecule has 2 N–H and O–H groups in total. The van der Waals surface area contributed by atoms with Crippen LogP contribution in [0.4, 0.5) is 0 Å². The number of nitrogens with zero attached hydrogens (tertiary/aromatic N) is 4. The third-order valence-electron chi connectivity index (χ3n) is 6.07. The number of nitrogens with one attached hydrogen (secondary N) is 2. The number of benzene rings is 1. The molecule has 174 valence electrons. The Hall–Kier alpha value is -2.45. The molecule has 0 amide bonds. The molecule has 4 rings (SSSR count). The first-order chi connectivity index (χ1) is 15.8. The van der Waals surface area contributed by atoms with Crippen molar-refractivity contribution in [3.05, 3.63) is 47.0 Å². The molecule has 8 nitrogen and oxygen atoms in total. The van der Waals surface area contributed by atoms with Crippen LogP contribution in [0.3, 0.4) is 0 Å². The first kappa shape index (κ1) is 22.7. The van der Waals surface area contributed by atoms with Crippen LogP contribution in [0, 0.1) is 0 Å². The zero-order valence-corrected chi connectivity index (χ0v) is 19.3. The fourth-order valence-corrected chi connectivity index (χ4v) is 4.55. The van der Waals surface area contributed by atoms with Crippen LogP contribution in [0.2, 0.25) is 0 Å². The minimum Gasteiger partial charge on any atom is -0.377 e. The molecule has 1 aromatic carbocycles. The Morgan fingerprint density at radius 3 is 3.03 bits per heavy atom. The van der Waals surface area contributed by atoms with Crippen molar-refractivity contribution in [1.82, 2.24) is 25.4 Å². The second-order valence-electron chi connectivity index (χ2n) is 8.50. The van der Waals surface area contributed by atoms with Gasteiger partial charge in [-0.15, -0.1) is 0 Å². The van der Waals surface area contributed by atoms with Gasteiger partial charge in [0, 0.05) is 39.3 Å². The van der Waals surface area contributed by atoms with Crippen molar-refractivity contribution in [2.75, 3.05) is 26.8 Å². The second-order valence-corrected chi connectivity index (χ2v) is 8.50. The molecule has 0 saturated carbocycles. The van der Waals surface area contributed by atoms with Gasteiger partial charge >= 0.3 is 0 Å². The van der Waals surface area contributed by atoms with Crippen LogP contribution in [0.1, 0.15) is 61.5 Å². The van der Waals surface area contributed by atoms with E-state index in [1.165, 1.54) is 24.0 Å². The summed E-state index contributed by atoms with van der Waals surface area (Å²) in [6, 6.07) is 8.97. The first-order valence-corrected chi connectivity index (χ1v) is 11.9. The minimum atomic E-state index is 0.234. The molecule has 0 saturated heterocycles. The lowest BCUT2D eigenvalue weighted by atomic mass is 9.89. The zero-order valence-electron chi connectivity index (χ0n) is 19.3. The van der Waals surface area contributed by atoms with Gasteiger partial charge in [-0.2, -0.15) is 5.10 Å². The van der Waals surface area contributed by atoms with Gasteiger partial charge in [-0.25, -0.2) is 9.67 Å². The molecule has 32 heavy (non-hydrogen) atoms. The Bertz CT molecular complexity index is 896. The molecule has 0 fully saturated rings. The van der Waals surface area contributed by atoms with Gasteiger partial charge in [0.25, 0.3) is 0 Å². The Balaban J connectivity index is 1.24. The van der Waals surface area contributed by atoms with E-state index in [0.29, 0.717) is 6.61 Å². The molecule has 0 bridgehead atoms. The van der Waals surface area contributed by atoms with Gasteiger partial charge in [-0.05, 0) is 50.2 Å². The van der Waals surface area contributed by atoms with Gasteiger partial charge < -0.3 is 20.1 Å². The van der Waals surface area contributed by atoms with Gasteiger partial charge in [0.15, 0.2) is 11.8 Å². The standard InChI is InChI=1S/C24H36N6O2/c1-3-25-24(27-19-12-13-23-28-22(17-31-2)29-30(23)16-19)26-14-7-15-32-21-11-6-9-18-8-4-5-10-20(18)21/h4-5,8,10,19,21H,3,6-7,9,11-17H2,1-2H3,(H2,25,26,27). The summed E-state index contributed by atoms with van der Waals surface area (Å²) in [6.45, 7) is 5.64. The molecule has 1 aliphatic heterocycles. The predicted octanol–water partition coefficient (Wildman–Crippen LogP) is 2.78. The average molecular weight is 441 g/mol. The minimum absolute atomic E-state index is 0.234. The highest BCUT2D eigenvalue weighted by molar-refractivity contribution is 5.80. The van der Waals surface area contributed by atoms with Crippen molar-refractivity contribution >= 4 is 5.96 Å². The predicted molar refractivity (Wildman–Crippen MR) is 125 cm³/mol. The third-order valence-corrected chi connectivity index (χ3v) is 6.07. The maximum absolute atomic E-state index is 6.22. The van der Waals surface area contributed by atoms with E-state index < -0.39 is 0 Å². The average Bonchev–Trinajstić information content (AvgIpc) is 3.21. The number of hydrogen-bond acceptors (Lipinski definition) is 5. The summed E-state index contributed by atoms with van der Waals surface area (Å²) in [7, 11) is 1.67. The summed E-state index contributed by atoms with van der Waals surface area (Å²) in [5.74, 6) is 2.66. The maximum Gasteiger partial charge on any atom is 0.191 e. The number of ether oxygens (including phenoxy) is 2. The van der Waals surface area contributed by atoms with Crippen molar-refractivity contribution in [3.63, 3.8) is 0 Å². The summed E-state index contributed by atoms with van der Waals surface area (Å²) in [5, 5.41) is 11.5. The molecule has 2 atom stereocenters. The van der Waals surface area contributed by atoms with E-state index in [0.717, 1.165) is 69.5 Å². The molecule has 0 radical (unpaired) electrons. The number of fused-ring (bicyclic) bond motifs is 2. The lowest BCUT2D eigenvalue weighted by Gasteiger charge is -2.26. The summed E-state index contributed by atoms with van der Waals surface area (Å²) in [5.41, 5.74) is 2.81. The van der Waals surface area contributed by atoms with E-state index in [2.05, 4.69) is 51.9 Å². The van der Waals surface area contributed by atoms with Gasteiger partial charge in [-0.1, -0.05) is 24.3 Å². The molecule has 1 aromatic heterocycles. The van der Waals surface area contributed by atoms with Crippen LogP contribution < -0.4 is 10.6 Å². The zero-order chi connectivity index (χ0) is 22.2. The van der Waals surface area contributed by atoms with Gasteiger partial charge in [0.1, 0.15) is 12.4 Å². The van der Waals surface area contributed by atoms with E-state index >= 15 is 0 Å². The van der Waals surface area contributed by atoms with E-state index in [-0.39, 0.29) is 12.1 Å². The topological polar surface area (TPSA) is 85.6 Å². The molecule has 2 aliphatic rings. The lowest BCUT2D eigenvalue weighted by Crippen LogP contribution is -2.47. The molecule has 2 aromatic rings. The molecular weight excluding hydrogens is 404 g/mol. The van der Waals surface area contributed by atoms with Crippen molar-refractivity contribution < 1.29 is 9.47 Å². The smallest absolute Gasteiger partial charge is 0.191 e. The normalized spacial score (nSPS) is 20.5. The maximum atomic E-state index is 6.22. The summed E-state index contributed by atoms with van der Waals surface area (Å²) < 4.78 is 13.4. The van der Waals surface area contributed by atoms with Gasteiger partial charge in [0.05, 0.1) is 12.6 Å². The van der Waals surface area contributed by atoms with E-state index in [1.54, 1.807) is 7.11 Å². The lowest BCUT2D eigenvalue weighted by molar-refractivity contribution is 0.0403. The Labute approximate surface area is 190 Å². The van der Waals surface area contributed by atoms with Crippen LogP contribution in [0.5, 0.6) is 0 Å². The second kappa shape index (κ2) is 11.4. The van der Waals surface area contributed by atoms with E-state index in [1.807, 2.05) is 4.68 Å². The monoisotopic (exact) mass is 440 g/mol. The van der Waals surface area contributed by atoms with Crippen LogP contribution in [0.15, 0.2) is 29.3 Å². The fourth-order valence-electron chi connectivity index (χ4n) is 4.55. The number of guanidine groups is 1. The fraction of sp³-hybridized carbons (Fsp3) is 0.625. The van der Waals surface area contributed by atoms with Crippen molar-refractivity contribution in [3.8, 4) is 0 Å². The number of aliphatic imine (C=N–C) groups is 1. The van der Waals surface area contributed by atoms with Crippen LogP contribution in [-0.4, -0.2) is 53.6 Å². The largest absolute Gasteiger partial charge is 0.377 e. The first-order valence-electron chi connectivity index (χ1n) is 11.9. The molecular formula is C24H36N6O2. The van der Waals surface area contributed by atoms with Gasteiger partial charge in [0.2, 0.25) is 0 Å². The molecule has 2 unspecified atom stereocenters. The Morgan fingerprint density at radius 1 is 1.25 bits per heavy atom. The number of aromatic nitrogens is 3. The summed E-state index contributed by atoms with van der Waals surface area (Å²) in [4.78, 5) is 9.33. The van der Waals surface area contributed by atoms with E-state index in [9.17, 15) is 0 Å². The van der Waals surface area contributed by atoms with Gasteiger partial charge in [-0.3, -0.25) is 4.99 Å². The Morgan fingerprint density at radius 2 is 2.16 bits per heavy atom. The molecule has 0 spiro atoms. The summed E-state index contributed by atoms with van der Waals surface area (Å²) in [6.07, 6.45) is 6.55. The molecule has 2 heterocycles. The highest BCUT2D eigenvalue weighted by Crippen LogP contribution is 2.32. The number of hydrogen-bond donors (Lipinski definition) is 2. The number of methoxy groups -OCH3 is 1. The SMILES string of the molecule is CCNC(=NCCCOC1CCCc2ccccc21)NC1CCc2nc(COC)nn2C1. The Kier molecular flexibility index (Phi) is 8.12. The molecule has 1 aliphatic carbocycles. The number of aryl methyl sites for hydroxylation is 2. The van der Waals surface area contributed by atoms with Crippen LogP contribution in [0.25, 0.3) is 0 Å². The number of rotatable bonds is 9. The van der Waals surface area contributed by atoms with Crippen molar-refractivity contribution in [2.24, 2.45) is 4.99 Å². The molecule has 8 heteroatoms.